The van der Waals surface area contributed by atoms with Crippen LogP contribution in [0.2, 0.25) is 0 Å². The second-order valence-electron chi connectivity index (χ2n) is 5.73. The molecule has 0 aliphatic carbocycles. The van der Waals surface area contributed by atoms with Crippen LogP contribution in [-0.2, 0) is 6.54 Å². The number of nitrogens with zero attached hydrogens (tertiary/aromatic N) is 2. The van der Waals surface area contributed by atoms with Crippen LogP contribution < -0.4 is 5.32 Å². The Kier molecular flexibility index (Phi) is 4.57. The van der Waals surface area contributed by atoms with Crippen LogP contribution >= 0.6 is 0 Å². The molecule has 4 rings (SSSR count). The van der Waals surface area contributed by atoms with Gasteiger partial charge in [-0.15, -0.1) is 10.2 Å². The van der Waals surface area contributed by atoms with Gasteiger partial charge in [0, 0.05) is 11.1 Å². The van der Waals surface area contributed by atoms with Gasteiger partial charge in [0.1, 0.15) is 17.6 Å². The Morgan fingerprint density at radius 1 is 0.923 bits per heavy atom. The number of furan rings is 1. The molecule has 0 radical (unpaired) electrons. The third kappa shape index (κ3) is 3.41. The summed E-state index contributed by atoms with van der Waals surface area (Å²) in [6.07, 6.45) is 1.59. The second-order valence-corrected chi connectivity index (χ2v) is 5.73. The van der Waals surface area contributed by atoms with Gasteiger partial charge in [-0.25, -0.2) is 4.39 Å². The third-order valence-electron chi connectivity index (χ3n) is 3.99. The van der Waals surface area contributed by atoms with E-state index in [1.807, 2.05) is 36.4 Å². The van der Waals surface area contributed by atoms with Crippen LogP contribution in [0.25, 0.3) is 11.5 Å². The monoisotopic (exact) mass is 349 g/mol. The summed E-state index contributed by atoms with van der Waals surface area (Å²) in [6, 6.07) is 19.0. The highest BCUT2D eigenvalue weighted by molar-refractivity contribution is 5.51. The Labute approximate surface area is 149 Å². The lowest BCUT2D eigenvalue weighted by Gasteiger charge is -2.15. The molecule has 0 amide bonds. The Morgan fingerprint density at radius 2 is 1.73 bits per heavy atom. The lowest BCUT2D eigenvalue weighted by atomic mass is 10.1. The van der Waals surface area contributed by atoms with Gasteiger partial charge in [0.25, 0.3) is 0 Å². The minimum atomic E-state index is -0.591. The maximum Gasteiger partial charge on any atom is 0.247 e. The number of hydrogen-bond donors (Lipinski definition) is 1. The van der Waals surface area contributed by atoms with Crippen LogP contribution in [-0.4, -0.2) is 10.2 Å². The van der Waals surface area contributed by atoms with E-state index in [1.54, 1.807) is 30.5 Å². The Morgan fingerprint density at radius 3 is 2.50 bits per heavy atom. The van der Waals surface area contributed by atoms with Gasteiger partial charge in [0.05, 0.1) is 12.8 Å². The standard InChI is InChI=1S/C20H16FN3O2/c21-17-11-5-4-10-16(17)18(22-13-15-9-6-12-25-15)20-24-23-19(26-20)14-7-2-1-3-8-14/h1-12,18,22H,13H2/t18-/m0/s1. The predicted molar refractivity (Wildman–Crippen MR) is 93.5 cm³/mol. The zero-order valence-corrected chi connectivity index (χ0v) is 13.8. The smallest absolute Gasteiger partial charge is 0.247 e. The number of nitrogens with one attached hydrogen (secondary N) is 1. The summed E-state index contributed by atoms with van der Waals surface area (Å²) in [5.41, 5.74) is 1.24. The summed E-state index contributed by atoms with van der Waals surface area (Å²) in [5.74, 6) is 1.07. The van der Waals surface area contributed by atoms with Crippen molar-refractivity contribution in [3.05, 3.63) is 96.0 Å². The van der Waals surface area contributed by atoms with Crippen LogP contribution in [0, 0.1) is 5.82 Å². The van der Waals surface area contributed by atoms with Crippen LogP contribution in [0.1, 0.15) is 23.3 Å². The van der Waals surface area contributed by atoms with E-state index in [9.17, 15) is 4.39 Å². The van der Waals surface area contributed by atoms with Crippen LogP contribution in [0.15, 0.2) is 81.8 Å². The first kappa shape index (κ1) is 16.2. The molecule has 4 aromatic rings. The first-order valence-corrected chi connectivity index (χ1v) is 8.20. The van der Waals surface area contributed by atoms with Gasteiger partial charge >= 0.3 is 0 Å². The Bertz CT molecular complexity index is 968. The fraction of sp³-hybridized carbons (Fsp3) is 0.100. The van der Waals surface area contributed by atoms with Crippen LogP contribution in [0.4, 0.5) is 4.39 Å². The van der Waals surface area contributed by atoms with E-state index in [2.05, 4.69) is 15.5 Å². The van der Waals surface area contributed by atoms with E-state index in [-0.39, 0.29) is 5.82 Å². The molecule has 6 heteroatoms. The summed E-state index contributed by atoms with van der Waals surface area (Å²) in [7, 11) is 0. The molecule has 2 heterocycles. The third-order valence-corrected chi connectivity index (χ3v) is 3.99. The molecule has 2 aromatic carbocycles. The highest BCUT2D eigenvalue weighted by Gasteiger charge is 2.24. The Balaban J connectivity index is 1.66. The Hall–Kier alpha value is -3.25. The summed E-state index contributed by atoms with van der Waals surface area (Å²) in [5, 5.41) is 11.5. The number of benzene rings is 2. The van der Waals surface area contributed by atoms with Crippen molar-refractivity contribution >= 4 is 0 Å². The second kappa shape index (κ2) is 7.33. The molecule has 0 saturated carbocycles. The average molecular weight is 349 g/mol. The van der Waals surface area contributed by atoms with Gasteiger partial charge in [-0.05, 0) is 30.3 Å². The molecule has 0 aliphatic rings. The average Bonchev–Trinajstić information content (AvgIpc) is 3.36. The highest BCUT2D eigenvalue weighted by Crippen LogP contribution is 2.27. The van der Waals surface area contributed by atoms with E-state index in [0.29, 0.717) is 23.9 Å². The fourth-order valence-electron chi connectivity index (χ4n) is 2.70. The summed E-state index contributed by atoms with van der Waals surface area (Å²) < 4.78 is 25.5. The van der Waals surface area contributed by atoms with E-state index in [0.717, 1.165) is 11.3 Å². The van der Waals surface area contributed by atoms with Gasteiger partial charge in [-0.2, -0.15) is 0 Å². The molecule has 130 valence electrons. The van der Waals surface area contributed by atoms with Crippen molar-refractivity contribution in [1.82, 2.24) is 15.5 Å². The number of halogens is 1. The van der Waals surface area contributed by atoms with Crippen molar-refractivity contribution in [1.29, 1.82) is 0 Å². The van der Waals surface area contributed by atoms with E-state index < -0.39 is 6.04 Å². The van der Waals surface area contributed by atoms with E-state index in [1.165, 1.54) is 6.07 Å². The highest BCUT2D eigenvalue weighted by atomic mass is 19.1. The minimum Gasteiger partial charge on any atom is -0.468 e. The molecule has 0 saturated heterocycles. The summed E-state index contributed by atoms with van der Waals surface area (Å²) >= 11 is 0. The quantitative estimate of drug-likeness (QED) is 0.561. The number of hydrogen-bond acceptors (Lipinski definition) is 5. The number of aromatic nitrogens is 2. The molecular formula is C20H16FN3O2. The number of rotatable bonds is 6. The molecule has 0 unspecified atom stereocenters. The van der Waals surface area contributed by atoms with E-state index in [4.69, 9.17) is 8.83 Å². The van der Waals surface area contributed by atoms with Crippen molar-refractivity contribution in [2.75, 3.05) is 0 Å². The molecule has 0 fully saturated rings. The maximum atomic E-state index is 14.4. The molecule has 5 nitrogen and oxygen atoms in total. The zero-order valence-electron chi connectivity index (χ0n) is 13.8. The summed E-state index contributed by atoms with van der Waals surface area (Å²) in [4.78, 5) is 0. The van der Waals surface area contributed by atoms with E-state index >= 15 is 0 Å². The predicted octanol–water partition coefficient (Wildman–Crippen LogP) is 4.35. The first-order valence-electron chi connectivity index (χ1n) is 8.20. The van der Waals surface area contributed by atoms with Crippen molar-refractivity contribution < 1.29 is 13.2 Å². The zero-order chi connectivity index (χ0) is 17.8. The van der Waals surface area contributed by atoms with Crippen molar-refractivity contribution in [2.24, 2.45) is 0 Å². The van der Waals surface area contributed by atoms with Gasteiger partial charge in [-0.1, -0.05) is 36.4 Å². The lowest BCUT2D eigenvalue weighted by molar-refractivity contribution is 0.406. The first-order chi connectivity index (χ1) is 12.8. The van der Waals surface area contributed by atoms with Gasteiger partial charge in [-0.3, -0.25) is 5.32 Å². The molecule has 1 N–H and O–H groups in total. The molecule has 0 aliphatic heterocycles. The largest absolute Gasteiger partial charge is 0.468 e. The normalized spacial score (nSPS) is 12.2. The van der Waals surface area contributed by atoms with Crippen LogP contribution in [0.5, 0.6) is 0 Å². The molecule has 2 aromatic heterocycles. The van der Waals surface area contributed by atoms with Gasteiger partial charge < -0.3 is 8.83 Å². The summed E-state index contributed by atoms with van der Waals surface area (Å²) in [6.45, 7) is 0.398. The minimum absolute atomic E-state index is 0.292. The maximum absolute atomic E-state index is 14.4. The SMILES string of the molecule is Fc1ccccc1[C@H](NCc1ccco1)c1nnc(-c2ccccc2)o1. The molecule has 1 atom stereocenters. The molecule has 0 bridgehead atoms. The van der Waals surface area contributed by atoms with Crippen LogP contribution in [0.3, 0.4) is 0 Å². The van der Waals surface area contributed by atoms with Crippen molar-refractivity contribution in [2.45, 2.75) is 12.6 Å². The van der Waals surface area contributed by atoms with Gasteiger partial charge in [0.2, 0.25) is 11.8 Å². The lowest BCUT2D eigenvalue weighted by Crippen LogP contribution is -2.23. The van der Waals surface area contributed by atoms with Crippen molar-refractivity contribution in [3.63, 3.8) is 0 Å². The molecule has 0 spiro atoms. The fourth-order valence-corrected chi connectivity index (χ4v) is 2.70. The molecular weight excluding hydrogens is 333 g/mol. The topological polar surface area (TPSA) is 64.1 Å². The van der Waals surface area contributed by atoms with Crippen molar-refractivity contribution in [3.8, 4) is 11.5 Å². The molecule has 26 heavy (non-hydrogen) atoms. The van der Waals surface area contributed by atoms with Gasteiger partial charge in [0.15, 0.2) is 0 Å².